The molecule has 2 aromatic carbocycles. The Labute approximate surface area is 170 Å². The van der Waals surface area contributed by atoms with Crippen molar-refractivity contribution in [1.82, 2.24) is 4.90 Å². The smallest absolute Gasteiger partial charge is 0.250 e. The fourth-order valence-electron chi connectivity index (χ4n) is 2.57. The van der Waals surface area contributed by atoms with Crippen LogP contribution in [0.2, 0.25) is 0 Å². The third kappa shape index (κ3) is 6.83. The quantitative estimate of drug-likeness (QED) is 0.504. The number of primary sulfonamides is 1. The molecule has 2 aromatic rings. The molecule has 28 heavy (non-hydrogen) atoms. The van der Waals surface area contributed by atoms with Gasteiger partial charge in [0.05, 0.1) is 10.5 Å². The molecular weight excluding hydrogens is 396 g/mol. The van der Waals surface area contributed by atoms with Crippen molar-refractivity contribution in [3.05, 3.63) is 54.1 Å². The van der Waals surface area contributed by atoms with E-state index in [9.17, 15) is 13.2 Å². The molecule has 152 valence electrons. The number of amides is 1. The molecule has 0 aromatic heterocycles. The number of hydrogen-bond acceptors (Lipinski definition) is 6. The number of hydrogen-bond donors (Lipinski definition) is 3. The molecule has 0 spiro atoms. The third-order valence-electron chi connectivity index (χ3n) is 4.06. The van der Waals surface area contributed by atoms with E-state index < -0.39 is 15.9 Å². The number of rotatable bonds is 10. The van der Waals surface area contributed by atoms with Gasteiger partial charge in [-0.2, -0.15) is 0 Å². The molecule has 0 radical (unpaired) electrons. The van der Waals surface area contributed by atoms with E-state index >= 15 is 0 Å². The number of carbonyl (C=O) groups excluding carboxylic acids is 1. The van der Waals surface area contributed by atoms with Gasteiger partial charge in [0.2, 0.25) is 10.0 Å². The normalized spacial score (nSPS) is 12.7. The minimum atomic E-state index is -3.92. The molecule has 0 fully saturated rings. The molecule has 0 bridgehead atoms. The van der Waals surface area contributed by atoms with Crippen LogP contribution in [0, 0.1) is 0 Å². The lowest BCUT2D eigenvalue weighted by atomic mass is 10.1. The summed E-state index contributed by atoms with van der Waals surface area (Å²) < 4.78 is 23.1. The summed E-state index contributed by atoms with van der Waals surface area (Å²) in [5.74, 6) is 0.0579. The van der Waals surface area contributed by atoms with Gasteiger partial charge in [0, 0.05) is 22.4 Å². The molecule has 2 rings (SSSR count). The van der Waals surface area contributed by atoms with Gasteiger partial charge in [0.15, 0.2) is 0 Å². The van der Waals surface area contributed by atoms with Crippen molar-refractivity contribution in [3.8, 4) is 0 Å². The number of nitrogens with one attached hydrogen (secondary N) is 1. The maximum Gasteiger partial charge on any atom is 0.250 e. The van der Waals surface area contributed by atoms with E-state index in [1.807, 2.05) is 44.4 Å². The van der Waals surface area contributed by atoms with Crippen LogP contribution < -0.4 is 16.2 Å². The number of carbonyl (C=O) groups is 1. The number of thioether (sulfide) groups is 1. The van der Waals surface area contributed by atoms with E-state index in [1.165, 1.54) is 18.2 Å². The van der Waals surface area contributed by atoms with Gasteiger partial charge in [0.25, 0.3) is 5.91 Å². The Morgan fingerprint density at radius 1 is 1.18 bits per heavy atom. The number of primary amides is 1. The molecule has 0 saturated heterocycles. The minimum absolute atomic E-state index is 0.0473. The van der Waals surface area contributed by atoms with Gasteiger partial charge < -0.3 is 16.0 Å². The van der Waals surface area contributed by atoms with Crippen LogP contribution in [0.15, 0.2) is 58.3 Å². The number of nitrogens with zero attached hydrogens (tertiary/aromatic N) is 1. The molecule has 0 saturated carbocycles. The van der Waals surface area contributed by atoms with Gasteiger partial charge >= 0.3 is 0 Å². The molecular formula is C19H26N4O3S2. The van der Waals surface area contributed by atoms with Crippen molar-refractivity contribution >= 4 is 33.4 Å². The van der Waals surface area contributed by atoms with Crippen LogP contribution in [-0.4, -0.2) is 51.7 Å². The first-order chi connectivity index (χ1) is 13.2. The highest BCUT2D eigenvalue weighted by molar-refractivity contribution is 7.99. The maximum atomic E-state index is 11.9. The molecule has 5 N–H and O–H groups in total. The Morgan fingerprint density at radius 2 is 1.86 bits per heavy atom. The zero-order valence-electron chi connectivity index (χ0n) is 16.0. The predicted octanol–water partition coefficient (Wildman–Crippen LogP) is 1.96. The van der Waals surface area contributed by atoms with E-state index in [-0.39, 0.29) is 16.5 Å². The predicted molar refractivity (Wildman–Crippen MR) is 114 cm³/mol. The second kappa shape index (κ2) is 9.92. The monoisotopic (exact) mass is 422 g/mol. The van der Waals surface area contributed by atoms with E-state index in [0.717, 1.165) is 23.6 Å². The van der Waals surface area contributed by atoms with Gasteiger partial charge in [-0.05, 0) is 57.4 Å². The number of sulfonamides is 1. The number of anilines is 1. The zero-order valence-corrected chi connectivity index (χ0v) is 17.6. The largest absolute Gasteiger partial charge is 0.381 e. The molecule has 1 amide bonds. The Kier molecular flexibility index (Phi) is 7.88. The summed E-state index contributed by atoms with van der Waals surface area (Å²) in [6, 6.07) is 14.2. The van der Waals surface area contributed by atoms with Crippen LogP contribution in [0.5, 0.6) is 0 Å². The highest BCUT2D eigenvalue weighted by atomic mass is 32.2. The van der Waals surface area contributed by atoms with Gasteiger partial charge in [-0.3, -0.25) is 4.79 Å². The van der Waals surface area contributed by atoms with E-state index in [4.69, 9.17) is 10.9 Å². The summed E-state index contributed by atoms with van der Waals surface area (Å²) >= 11 is 1.71. The standard InChI is InChI=1S/C19H26N4O3S2/c1-23(2)11-10-14(13-27-15-6-4-3-5-7-15)22-18-9-8-16(28(21,25)26)12-17(18)19(20)24/h3-9,12,14,22H,10-11,13H2,1-2H3,(H2,20,24)(H2,21,25,26)/t14-/m1/s1. The molecule has 9 heteroatoms. The Bertz CT molecular complexity index is 903. The molecule has 1 atom stereocenters. The van der Waals surface area contributed by atoms with E-state index in [2.05, 4.69) is 10.2 Å². The fourth-order valence-corrected chi connectivity index (χ4v) is 4.11. The highest BCUT2D eigenvalue weighted by Gasteiger charge is 2.18. The zero-order chi connectivity index (χ0) is 20.7. The van der Waals surface area contributed by atoms with Gasteiger partial charge in [-0.1, -0.05) is 18.2 Å². The average molecular weight is 423 g/mol. The van der Waals surface area contributed by atoms with Crippen molar-refractivity contribution in [3.63, 3.8) is 0 Å². The summed E-state index contributed by atoms with van der Waals surface area (Å²) in [5.41, 5.74) is 6.06. The van der Waals surface area contributed by atoms with Gasteiger partial charge in [-0.25, -0.2) is 13.6 Å². The van der Waals surface area contributed by atoms with Crippen LogP contribution in [0.3, 0.4) is 0 Å². The molecule has 0 heterocycles. The van der Waals surface area contributed by atoms with Gasteiger partial charge in [-0.15, -0.1) is 11.8 Å². The van der Waals surface area contributed by atoms with Crippen molar-refractivity contribution < 1.29 is 13.2 Å². The van der Waals surface area contributed by atoms with Crippen molar-refractivity contribution in [2.75, 3.05) is 31.7 Å². The molecule has 7 nitrogen and oxygen atoms in total. The first-order valence-electron chi connectivity index (χ1n) is 8.72. The summed E-state index contributed by atoms with van der Waals surface area (Å²) in [4.78, 5) is 15.0. The lowest BCUT2D eigenvalue weighted by molar-refractivity contribution is 0.100. The van der Waals surface area contributed by atoms with E-state index in [0.29, 0.717) is 5.69 Å². The number of benzene rings is 2. The maximum absolute atomic E-state index is 11.9. The number of nitrogens with two attached hydrogens (primary N) is 2. The van der Waals surface area contributed by atoms with Crippen molar-refractivity contribution in [1.29, 1.82) is 0 Å². The summed E-state index contributed by atoms with van der Waals surface area (Å²) in [6.07, 6.45) is 0.835. The SMILES string of the molecule is CN(C)CC[C@H](CSc1ccccc1)Nc1ccc(S(N)(=O)=O)cc1C(N)=O. The van der Waals surface area contributed by atoms with Crippen LogP contribution >= 0.6 is 11.8 Å². The lowest BCUT2D eigenvalue weighted by Crippen LogP contribution is -2.29. The first-order valence-corrected chi connectivity index (χ1v) is 11.3. The molecule has 0 unspecified atom stereocenters. The molecule has 0 aliphatic carbocycles. The van der Waals surface area contributed by atoms with Crippen LogP contribution in [0.4, 0.5) is 5.69 Å². The third-order valence-corrected chi connectivity index (χ3v) is 6.15. The fraction of sp³-hybridized carbons (Fsp3) is 0.316. The molecule has 0 aliphatic heterocycles. The Hall–Kier alpha value is -2.07. The summed E-state index contributed by atoms with van der Waals surface area (Å²) in [5, 5.41) is 8.51. The first kappa shape index (κ1) is 22.2. The summed E-state index contributed by atoms with van der Waals surface area (Å²) in [7, 11) is 0.0762. The van der Waals surface area contributed by atoms with Gasteiger partial charge in [0.1, 0.15) is 0 Å². The topological polar surface area (TPSA) is 119 Å². The lowest BCUT2D eigenvalue weighted by Gasteiger charge is -2.23. The second-order valence-electron chi connectivity index (χ2n) is 6.67. The Balaban J connectivity index is 2.22. The highest BCUT2D eigenvalue weighted by Crippen LogP contribution is 2.24. The van der Waals surface area contributed by atoms with E-state index in [1.54, 1.807) is 11.8 Å². The van der Waals surface area contributed by atoms with Crippen LogP contribution in [0.1, 0.15) is 16.8 Å². The summed E-state index contributed by atoms with van der Waals surface area (Å²) in [6.45, 7) is 0.855. The Morgan fingerprint density at radius 3 is 2.43 bits per heavy atom. The average Bonchev–Trinajstić information content (AvgIpc) is 2.63. The second-order valence-corrected chi connectivity index (χ2v) is 9.33. The molecule has 0 aliphatic rings. The van der Waals surface area contributed by atoms with Crippen molar-refractivity contribution in [2.24, 2.45) is 10.9 Å². The minimum Gasteiger partial charge on any atom is -0.381 e. The van der Waals surface area contributed by atoms with Crippen molar-refractivity contribution in [2.45, 2.75) is 22.3 Å². The van der Waals surface area contributed by atoms with Crippen LogP contribution in [-0.2, 0) is 10.0 Å². The van der Waals surface area contributed by atoms with Crippen LogP contribution in [0.25, 0.3) is 0 Å².